The van der Waals surface area contributed by atoms with Crippen molar-refractivity contribution in [3.05, 3.63) is 23.8 Å². The third kappa shape index (κ3) is 1.64. The van der Waals surface area contributed by atoms with Gasteiger partial charge in [-0.2, -0.15) is 12.7 Å². The van der Waals surface area contributed by atoms with Crippen molar-refractivity contribution in [3.8, 4) is 0 Å². The Bertz CT molecular complexity index is 513. The number of hydrogen-bond acceptors (Lipinski definition) is 3. The lowest BCUT2D eigenvalue weighted by molar-refractivity contribution is 0.511. The summed E-state index contributed by atoms with van der Waals surface area (Å²) < 4.78 is 26.5. The lowest BCUT2D eigenvalue weighted by atomic mass is 10.2. The van der Waals surface area contributed by atoms with Gasteiger partial charge < -0.3 is 5.73 Å². The van der Waals surface area contributed by atoms with Crippen LogP contribution in [0.5, 0.6) is 0 Å². The van der Waals surface area contributed by atoms with Crippen LogP contribution in [-0.2, 0) is 10.2 Å². The van der Waals surface area contributed by atoms with Crippen molar-refractivity contribution in [2.45, 2.75) is 6.92 Å². The van der Waals surface area contributed by atoms with Crippen molar-refractivity contribution in [1.82, 2.24) is 4.31 Å². The fraction of sp³-hybridized carbons (Fsp3) is 0.400. The van der Waals surface area contributed by atoms with Gasteiger partial charge in [0.25, 0.3) is 0 Å². The zero-order valence-corrected chi connectivity index (χ0v) is 10.2. The highest BCUT2D eigenvalue weighted by Gasteiger charge is 2.33. The number of likely N-dealkylation sites (N-methyl/N-ethyl adjacent to an activating group) is 1. The predicted molar refractivity (Wildman–Crippen MR) is 64.5 cm³/mol. The quantitative estimate of drug-likeness (QED) is 0.731. The molecule has 1 fully saturated rings. The van der Waals surface area contributed by atoms with E-state index in [2.05, 4.69) is 0 Å². The molecule has 1 saturated heterocycles. The minimum absolute atomic E-state index is 0.474. The molecule has 6 heteroatoms. The van der Waals surface area contributed by atoms with Gasteiger partial charge in [0, 0.05) is 25.8 Å². The van der Waals surface area contributed by atoms with Crippen molar-refractivity contribution in [1.29, 1.82) is 0 Å². The molecule has 0 bridgehead atoms. The minimum atomic E-state index is -3.34. The Balaban J connectivity index is 2.43. The minimum Gasteiger partial charge on any atom is -0.398 e. The molecular weight excluding hydrogens is 226 g/mol. The maximum atomic E-state index is 11.9. The summed E-state index contributed by atoms with van der Waals surface area (Å²) in [5, 5.41) is 0. The fourth-order valence-corrected chi connectivity index (χ4v) is 3.02. The molecular formula is C10H15N3O2S. The Hall–Kier alpha value is -1.27. The summed E-state index contributed by atoms with van der Waals surface area (Å²) in [7, 11) is -1.76. The van der Waals surface area contributed by atoms with Crippen molar-refractivity contribution >= 4 is 21.6 Å². The van der Waals surface area contributed by atoms with E-state index >= 15 is 0 Å². The van der Waals surface area contributed by atoms with Crippen LogP contribution >= 0.6 is 0 Å². The molecule has 1 aliphatic rings. The first-order valence-electron chi connectivity index (χ1n) is 5.03. The Morgan fingerprint density at radius 2 is 2.00 bits per heavy atom. The van der Waals surface area contributed by atoms with E-state index in [1.807, 2.05) is 13.0 Å². The third-order valence-corrected chi connectivity index (χ3v) is 4.76. The Labute approximate surface area is 95.6 Å². The van der Waals surface area contributed by atoms with Crippen LogP contribution in [-0.4, -0.2) is 32.9 Å². The van der Waals surface area contributed by atoms with E-state index < -0.39 is 10.2 Å². The summed E-state index contributed by atoms with van der Waals surface area (Å²) in [6.07, 6.45) is 0. The fourth-order valence-electron chi connectivity index (χ4n) is 1.68. The average molecular weight is 241 g/mol. The molecule has 0 atom stereocenters. The molecule has 2 rings (SSSR count). The van der Waals surface area contributed by atoms with Crippen LogP contribution in [0.1, 0.15) is 5.56 Å². The molecule has 1 heterocycles. The van der Waals surface area contributed by atoms with E-state index in [1.54, 1.807) is 19.2 Å². The summed E-state index contributed by atoms with van der Waals surface area (Å²) in [5.74, 6) is 0. The topological polar surface area (TPSA) is 66.6 Å². The number of nitrogens with two attached hydrogens (primary N) is 1. The Morgan fingerprint density at radius 1 is 1.31 bits per heavy atom. The number of anilines is 2. The third-order valence-electron chi connectivity index (χ3n) is 2.84. The molecule has 0 amide bonds. The highest BCUT2D eigenvalue weighted by atomic mass is 32.2. The van der Waals surface area contributed by atoms with Crippen molar-refractivity contribution in [3.63, 3.8) is 0 Å². The Kier molecular flexibility index (Phi) is 2.55. The maximum absolute atomic E-state index is 11.9. The van der Waals surface area contributed by atoms with Gasteiger partial charge >= 0.3 is 10.2 Å². The average Bonchev–Trinajstić information content (AvgIpc) is 2.47. The van der Waals surface area contributed by atoms with Crippen molar-refractivity contribution in [2.75, 3.05) is 30.2 Å². The van der Waals surface area contributed by atoms with Gasteiger partial charge in [0.05, 0.1) is 5.69 Å². The van der Waals surface area contributed by atoms with Gasteiger partial charge in [-0.15, -0.1) is 0 Å². The first-order chi connectivity index (χ1) is 7.43. The van der Waals surface area contributed by atoms with Crippen LogP contribution < -0.4 is 10.0 Å². The molecule has 1 aromatic carbocycles. The normalized spacial score (nSPS) is 20.2. The second-order valence-corrected chi connectivity index (χ2v) is 5.90. The number of hydrogen-bond donors (Lipinski definition) is 1. The van der Waals surface area contributed by atoms with E-state index in [0.717, 1.165) is 5.56 Å². The lowest BCUT2D eigenvalue weighted by Gasteiger charge is -2.18. The van der Waals surface area contributed by atoms with Crippen LogP contribution in [0, 0.1) is 6.92 Å². The number of aryl methyl sites for hydroxylation is 1. The predicted octanol–water partition coefficient (Wildman–Crippen LogP) is 0.574. The van der Waals surface area contributed by atoms with E-state index in [1.165, 1.54) is 8.61 Å². The highest BCUT2D eigenvalue weighted by molar-refractivity contribution is 7.90. The van der Waals surface area contributed by atoms with Crippen LogP contribution in [0.15, 0.2) is 18.2 Å². The largest absolute Gasteiger partial charge is 0.398 e. The van der Waals surface area contributed by atoms with E-state index in [9.17, 15) is 8.42 Å². The lowest BCUT2D eigenvalue weighted by Crippen LogP contribution is -2.30. The van der Waals surface area contributed by atoms with Crippen LogP contribution in [0.4, 0.5) is 11.4 Å². The number of rotatable bonds is 1. The number of nitrogens with zero attached hydrogens (tertiary/aromatic N) is 2. The molecule has 0 spiro atoms. The van der Waals surface area contributed by atoms with Crippen LogP contribution in [0.25, 0.3) is 0 Å². The van der Waals surface area contributed by atoms with Gasteiger partial charge in [-0.1, -0.05) is 6.07 Å². The molecule has 0 unspecified atom stereocenters. The molecule has 0 aromatic heterocycles. The van der Waals surface area contributed by atoms with Crippen molar-refractivity contribution < 1.29 is 8.42 Å². The molecule has 88 valence electrons. The second-order valence-electron chi connectivity index (χ2n) is 3.94. The van der Waals surface area contributed by atoms with Gasteiger partial charge in [0.1, 0.15) is 0 Å². The van der Waals surface area contributed by atoms with Gasteiger partial charge in [-0.05, 0) is 24.6 Å². The van der Waals surface area contributed by atoms with E-state index in [0.29, 0.717) is 24.5 Å². The van der Waals surface area contributed by atoms with Crippen LogP contribution in [0.2, 0.25) is 0 Å². The van der Waals surface area contributed by atoms with Gasteiger partial charge in [0.2, 0.25) is 0 Å². The number of benzene rings is 1. The zero-order chi connectivity index (χ0) is 11.9. The molecule has 0 saturated carbocycles. The molecule has 2 N–H and O–H groups in total. The summed E-state index contributed by atoms with van der Waals surface area (Å²) in [6, 6.07) is 5.31. The van der Waals surface area contributed by atoms with Gasteiger partial charge in [-0.25, -0.2) is 0 Å². The van der Waals surface area contributed by atoms with Gasteiger partial charge in [-0.3, -0.25) is 4.31 Å². The molecule has 1 aliphatic heterocycles. The standard InChI is InChI=1S/C10H15N3O2S/c1-8-3-4-9(7-10(8)11)13-6-5-12(2)16(13,14)15/h3-4,7H,5-6,11H2,1-2H3. The SMILES string of the molecule is Cc1ccc(N2CCN(C)S2(=O)=O)cc1N. The second kappa shape index (κ2) is 3.64. The van der Waals surface area contributed by atoms with E-state index in [-0.39, 0.29) is 0 Å². The van der Waals surface area contributed by atoms with Gasteiger partial charge in [0.15, 0.2) is 0 Å². The molecule has 0 aliphatic carbocycles. The monoisotopic (exact) mass is 241 g/mol. The first-order valence-corrected chi connectivity index (χ1v) is 6.43. The molecule has 0 radical (unpaired) electrons. The molecule has 16 heavy (non-hydrogen) atoms. The van der Waals surface area contributed by atoms with E-state index in [4.69, 9.17) is 5.73 Å². The summed E-state index contributed by atoms with van der Waals surface area (Å²) in [6.45, 7) is 2.88. The summed E-state index contributed by atoms with van der Waals surface area (Å²) in [4.78, 5) is 0. The summed E-state index contributed by atoms with van der Waals surface area (Å²) >= 11 is 0. The zero-order valence-electron chi connectivity index (χ0n) is 9.34. The Morgan fingerprint density at radius 3 is 2.50 bits per heavy atom. The maximum Gasteiger partial charge on any atom is 0.303 e. The first kappa shape index (κ1) is 11.2. The molecule has 5 nitrogen and oxygen atoms in total. The molecule has 1 aromatic rings. The van der Waals surface area contributed by atoms with Crippen molar-refractivity contribution in [2.24, 2.45) is 0 Å². The highest BCUT2D eigenvalue weighted by Crippen LogP contribution is 2.26. The number of nitrogen functional groups attached to an aromatic ring is 1. The summed E-state index contributed by atoms with van der Waals surface area (Å²) in [5.41, 5.74) is 7.97. The van der Waals surface area contributed by atoms with Crippen LogP contribution in [0.3, 0.4) is 0 Å². The smallest absolute Gasteiger partial charge is 0.303 e.